The van der Waals surface area contributed by atoms with Crippen LogP contribution in [-0.2, 0) is 0 Å². The van der Waals surface area contributed by atoms with E-state index in [0.29, 0.717) is 18.2 Å². The van der Waals surface area contributed by atoms with Crippen LogP contribution in [0.5, 0.6) is 0 Å². The summed E-state index contributed by atoms with van der Waals surface area (Å²) in [5, 5.41) is 11.2. The number of nitrogens with zero attached hydrogens (tertiary/aromatic N) is 2. The van der Waals surface area contributed by atoms with Gasteiger partial charge in [0.2, 0.25) is 0 Å². The summed E-state index contributed by atoms with van der Waals surface area (Å²) in [6, 6.07) is 0. The van der Waals surface area contributed by atoms with Crippen LogP contribution in [0.25, 0.3) is 0 Å². The van der Waals surface area contributed by atoms with Crippen LogP contribution in [0.15, 0.2) is 5.16 Å². The van der Waals surface area contributed by atoms with Crippen LogP contribution < -0.4 is 5.73 Å². The summed E-state index contributed by atoms with van der Waals surface area (Å²) in [6.45, 7) is 6.32. The lowest BCUT2D eigenvalue weighted by Crippen LogP contribution is -2.42. The third kappa shape index (κ3) is 2.84. The summed E-state index contributed by atoms with van der Waals surface area (Å²) in [4.78, 5) is 8.90. The Morgan fingerprint density at radius 2 is 1.83 bits per heavy atom. The number of hydrogen-bond acceptors (Lipinski definition) is 5. The van der Waals surface area contributed by atoms with E-state index in [1.165, 1.54) is 11.8 Å². The van der Waals surface area contributed by atoms with Crippen molar-refractivity contribution in [3.63, 3.8) is 0 Å². The minimum absolute atomic E-state index is 0.314. The first-order chi connectivity index (χ1) is 8.46. The number of aromatic nitrogens is 2. The summed E-state index contributed by atoms with van der Waals surface area (Å²) in [6.07, 6.45) is 2.17. The third-order valence-electron chi connectivity index (χ3n) is 3.75. The highest BCUT2D eigenvalue weighted by Gasteiger charge is 2.42. The molecule has 1 aromatic heterocycles. The number of nitrogens with two attached hydrogens (primary N) is 1. The molecule has 0 bridgehead atoms. The Labute approximate surface area is 112 Å². The second-order valence-corrected chi connectivity index (χ2v) is 6.12. The molecule has 1 aliphatic carbocycles. The molecule has 0 amide bonds. The Morgan fingerprint density at radius 3 is 2.28 bits per heavy atom. The molecular weight excluding hydrogens is 246 g/mol. The smallest absolute Gasteiger partial charge is 0.188 e. The quantitative estimate of drug-likeness (QED) is 0.626. The van der Waals surface area contributed by atoms with Crippen LogP contribution in [0.4, 0.5) is 0 Å². The third-order valence-corrected chi connectivity index (χ3v) is 4.84. The van der Waals surface area contributed by atoms with Crippen LogP contribution >= 0.6 is 11.8 Å². The molecule has 0 aliphatic heterocycles. The lowest BCUT2D eigenvalue weighted by atomic mass is 10.0. The summed E-state index contributed by atoms with van der Waals surface area (Å²) in [5.74, 6) is 0.943. The first-order valence-corrected chi connectivity index (χ1v) is 7.32. The molecule has 100 valence electrons. The van der Waals surface area contributed by atoms with Gasteiger partial charge in [0, 0.05) is 23.7 Å². The largest absolute Gasteiger partial charge is 0.387 e. The van der Waals surface area contributed by atoms with Crippen LogP contribution in [0.2, 0.25) is 0 Å². The fraction of sp³-hybridized carbons (Fsp3) is 0.692. The minimum Gasteiger partial charge on any atom is -0.387 e. The maximum absolute atomic E-state index is 10.4. The zero-order valence-corrected chi connectivity index (χ0v) is 12.0. The summed E-state index contributed by atoms with van der Waals surface area (Å²) in [7, 11) is 0. The van der Waals surface area contributed by atoms with Crippen LogP contribution in [0.3, 0.4) is 0 Å². The lowest BCUT2D eigenvalue weighted by Gasteiger charge is -2.25. The number of aliphatic hydroxyl groups is 1. The van der Waals surface area contributed by atoms with Gasteiger partial charge in [-0.3, -0.25) is 0 Å². The average molecular weight is 267 g/mol. The van der Waals surface area contributed by atoms with Crippen molar-refractivity contribution in [3.8, 4) is 0 Å². The molecule has 4 nitrogen and oxygen atoms in total. The minimum atomic E-state index is -0.749. The molecule has 2 rings (SSSR count). The van der Waals surface area contributed by atoms with E-state index in [0.717, 1.165) is 34.9 Å². The van der Waals surface area contributed by atoms with Gasteiger partial charge >= 0.3 is 0 Å². The predicted molar refractivity (Wildman–Crippen MR) is 73.7 cm³/mol. The fourth-order valence-corrected chi connectivity index (χ4v) is 3.10. The first kappa shape index (κ1) is 13.8. The number of hydrogen-bond donors (Lipinski definition) is 2. The highest BCUT2D eigenvalue weighted by atomic mass is 32.2. The zero-order valence-electron chi connectivity index (χ0n) is 11.2. The van der Waals surface area contributed by atoms with Gasteiger partial charge in [-0.15, -0.1) is 0 Å². The van der Waals surface area contributed by atoms with Crippen LogP contribution in [-0.4, -0.2) is 33.0 Å². The molecule has 1 saturated carbocycles. The van der Waals surface area contributed by atoms with Crippen molar-refractivity contribution in [1.29, 1.82) is 0 Å². The van der Waals surface area contributed by atoms with Gasteiger partial charge in [-0.2, -0.15) is 0 Å². The second-order valence-electron chi connectivity index (χ2n) is 5.17. The van der Waals surface area contributed by atoms with E-state index in [1.54, 1.807) is 0 Å². The lowest BCUT2D eigenvalue weighted by molar-refractivity contribution is 0.0509. The van der Waals surface area contributed by atoms with Crippen molar-refractivity contribution in [3.05, 3.63) is 17.0 Å². The van der Waals surface area contributed by atoms with Crippen molar-refractivity contribution in [2.75, 3.05) is 12.3 Å². The zero-order chi connectivity index (χ0) is 13.3. The molecule has 0 spiro atoms. The van der Waals surface area contributed by atoms with E-state index >= 15 is 0 Å². The normalized spacial score (nSPS) is 18.7. The molecule has 1 aliphatic rings. The van der Waals surface area contributed by atoms with Crippen molar-refractivity contribution in [2.24, 2.45) is 11.7 Å². The Kier molecular flexibility index (Phi) is 3.94. The molecule has 0 aromatic carbocycles. The summed E-state index contributed by atoms with van der Waals surface area (Å²) < 4.78 is 0. The van der Waals surface area contributed by atoms with Gasteiger partial charge in [0.25, 0.3) is 0 Å². The molecule has 1 unspecified atom stereocenters. The maximum Gasteiger partial charge on any atom is 0.188 e. The molecule has 18 heavy (non-hydrogen) atoms. The molecular formula is C13H21N3OS. The van der Waals surface area contributed by atoms with Gasteiger partial charge in [-0.25, -0.2) is 9.97 Å². The van der Waals surface area contributed by atoms with Crippen molar-refractivity contribution < 1.29 is 5.11 Å². The van der Waals surface area contributed by atoms with Gasteiger partial charge in [-0.1, -0.05) is 11.8 Å². The summed E-state index contributed by atoms with van der Waals surface area (Å²) >= 11 is 1.51. The molecule has 3 N–H and O–H groups in total. The van der Waals surface area contributed by atoms with Crippen LogP contribution in [0.1, 0.15) is 29.8 Å². The fourth-order valence-electron chi connectivity index (χ4n) is 1.96. The van der Waals surface area contributed by atoms with Gasteiger partial charge < -0.3 is 10.8 Å². The Morgan fingerprint density at radius 1 is 1.28 bits per heavy atom. The van der Waals surface area contributed by atoms with Gasteiger partial charge in [0.05, 0.1) is 5.60 Å². The number of aryl methyl sites for hydroxylation is 2. The van der Waals surface area contributed by atoms with Crippen molar-refractivity contribution in [2.45, 2.75) is 44.4 Å². The maximum atomic E-state index is 10.4. The highest BCUT2D eigenvalue weighted by molar-refractivity contribution is 7.99. The molecule has 1 aromatic rings. The van der Waals surface area contributed by atoms with E-state index in [9.17, 15) is 5.11 Å². The Bertz CT molecular complexity index is 425. The molecule has 1 atom stereocenters. The van der Waals surface area contributed by atoms with Gasteiger partial charge in [-0.05, 0) is 45.1 Å². The standard InChI is InChI=1S/C13H21N3OS/c1-8-9(2)15-12(16-10(8)3)18-7-13(17,6-14)11-4-5-11/h11,17H,4-7,14H2,1-3H3. The van der Waals surface area contributed by atoms with Crippen LogP contribution in [0, 0.1) is 26.7 Å². The average Bonchev–Trinajstić information content (AvgIpc) is 3.17. The van der Waals surface area contributed by atoms with E-state index < -0.39 is 5.60 Å². The van der Waals surface area contributed by atoms with Gasteiger partial charge in [0.15, 0.2) is 5.16 Å². The van der Waals surface area contributed by atoms with Gasteiger partial charge in [0.1, 0.15) is 0 Å². The molecule has 0 radical (unpaired) electrons. The first-order valence-electron chi connectivity index (χ1n) is 6.33. The Balaban J connectivity index is 2.06. The second kappa shape index (κ2) is 5.15. The Hall–Kier alpha value is -0.650. The number of thioether (sulfide) groups is 1. The SMILES string of the molecule is Cc1nc(SCC(O)(CN)C2CC2)nc(C)c1C. The molecule has 0 saturated heterocycles. The monoisotopic (exact) mass is 267 g/mol. The van der Waals surface area contributed by atoms with E-state index in [4.69, 9.17) is 5.73 Å². The van der Waals surface area contributed by atoms with E-state index in [2.05, 4.69) is 9.97 Å². The van der Waals surface area contributed by atoms with E-state index in [1.807, 2.05) is 20.8 Å². The molecule has 5 heteroatoms. The van der Waals surface area contributed by atoms with Crippen molar-refractivity contribution in [1.82, 2.24) is 9.97 Å². The van der Waals surface area contributed by atoms with Crippen molar-refractivity contribution >= 4 is 11.8 Å². The topological polar surface area (TPSA) is 72.0 Å². The predicted octanol–water partition coefficient (Wildman–Crippen LogP) is 1.59. The highest BCUT2D eigenvalue weighted by Crippen LogP contribution is 2.41. The number of rotatable bonds is 5. The molecule has 1 fully saturated rings. The molecule has 1 heterocycles. The summed E-state index contributed by atoms with van der Waals surface area (Å²) in [5.41, 5.74) is 8.09. The van der Waals surface area contributed by atoms with E-state index in [-0.39, 0.29) is 0 Å².